The van der Waals surface area contributed by atoms with E-state index < -0.39 is 5.97 Å². The summed E-state index contributed by atoms with van der Waals surface area (Å²) in [5, 5.41) is 8.86. The van der Waals surface area contributed by atoms with E-state index in [4.69, 9.17) is 5.11 Å². The number of hydrogen-bond donors (Lipinski definition) is 1. The molecule has 4 heteroatoms. The van der Waals surface area contributed by atoms with Crippen LogP contribution in [0.1, 0.15) is 15.9 Å². The Hall–Kier alpha value is -1.06. The summed E-state index contributed by atoms with van der Waals surface area (Å²) in [4.78, 5) is 12.7. The molecular formula is C10H14ClNO2. The van der Waals surface area contributed by atoms with Gasteiger partial charge in [0.25, 0.3) is 0 Å². The monoisotopic (exact) mass is 215 g/mol. The van der Waals surface area contributed by atoms with Crippen molar-refractivity contribution in [3.63, 3.8) is 0 Å². The second-order valence-corrected chi connectivity index (χ2v) is 3.20. The van der Waals surface area contributed by atoms with Crippen LogP contribution in [0, 0.1) is 0 Å². The first kappa shape index (κ1) is 12.9. The minimum Gasteiger partial charge on any atom is -0.478 e. The molecule has 78 valence electrons. The molecule has 0 bridgehead atoms. The van der Waals surface area contributed by atoms with Crippen LogP contribution >= 0.6 is 12.4 Å². The van der Waals surface area contributed by atoms with Crippen molar-refractivity contribution < 1.29 is 9.90 Å². The highest BCUT2D eigenvalue weighted by Crippen LogP contribution is 2.09. The van der Waals surface area contributed by atoms with Gasteiger partial charge in [0.05, 0.1) is 5.56 Å². The molecule has 0 atom stereocenters. The molecule has 0 fully saturated rings. The third-order valence-electron chi connectivity index (χ3n) is 1.73. The van der Waals surface area contributed by atoms with Crippen molar-refractivity contribution in [3.8, 4) is 0 Å². The summed E-state index contributed by atoms with van der Waals surface area (Å²) in [6.45, 7) is 0.655. The zero-order chi connectivity index (χ0) is 9.84. The number of halogens is 1. The Balaban J connectivity index is 0.00000169. The van der Waals surface area contributed by atoms with Crippen LogP contribution in [0.2, 0.25) is 0 Å². The summed E-state index contributed by atoms with van der Waals surface area (Å²) in [6, 6.07) is 7.05. The Bertz CT molecular complexity index is 313. The zero-order valence-electron chi connectivity index (χ0n) is 8.23. The van der Waals surface area contributed by atoms with Gasteiger partial charge in [0.15, 0.2) is 0 Å². The predicted molar refractivity (Wildman–Crippen MR) is 58.0 cm³/mol. The lowest BCUT2D eigenvalue weighted by atomic mass is 10.1. The van der Waals surface area contributed by atoms with Gasteiger partial charge in [-0.2, -0.15) is 0 Å². The average Bonchev–Trinajstić information content (AvgIpc) is 2.03. The predicted octanol–water partition coefficient (Wildman–Crippen LogP) is 1.87. The fourth-order valence-corrected chi connectivity index (χ4v) is 1.21. The lowest BCUT2D eigenvalue weighted by Gasteiger charge is -2.11. The molecule has 0 aromatic heterocycles. The molecule has 0 spiro atoms. The fraction of sp³-hybridized carbons (Fsp3) is 0.300. The summed E-state index contributed by atoms with van der Waals surface area (Å²) in [5.74, 6) is -0.863. The van der Waals surface area contributed by atoms with Gasteiger partial charge < -0.3 is 10.0 Å². The molecule has 3 nitrogen and oxygen atoms in total. The topological polar surface area (TPSA) is 40.5 Å². The summed E-state index contributed by atoms with van der Waals surface area (Å²) in [6.07, 6.45) is 0. The van der Waals surface area contributed by atoms with Crippen molar-refractivity contribution in [1.82, 2.24) is 4.90 Å². The smallest absolute Gasteiger partial charge is 0.336 e. The van der Waals surface area contributed by atoms with E-state index in [-0.39, 0.29) is 12.4 Å². The highest BCUT2D eigenvalue weighted by molar-refractivity contribution is 5.89. The third kappa shape index (κ3) is 3.36. The first-order valence-corrected chi connectivity index (χ1v) is 4.07. The van der Waals surface area contributed by atoms with E-state index in [0.717, 1.165) is 5.56 Å². The number of carbonyl (C=O) groups is 1. The summed E-state index contributed by atoms with van der Waals surface area (Å²) >= 11 is 0. The van der Waals surface area contributed by atoms with Gasteiger partial charge in [-0.25, -0.2) is 4.79 Å². The summed E-state index contributed by atoms with van der Waals surface area (Å²) < 4.78 is 0. The lowest BCUT2D eigenvalue weighted by molar-refractivity contribution is 0.0695. The van der Waals surface area contributed by atoms with E-state index in [9.17, 15) is 4.79 Å². The van der Waals surface area contributed by atoms with Gasteiger partial charge in [0.1, 0.15) is 0 Å². The van der Waals surface area contributed by atoms with E-state index in [1.807, 2.05) is 31.1 Å². The van der Waals surface area contributed by atoms with Gasteiger partial charge >= 0.3 is 5.97 Å². The molecule has 1 N–H and O–H groups in total. The largest absolute Gasteiger partial charge is 0.478 e. The normalized spacial score (nSPS) is 9.64. The maximum Gasteiger partial charge on any atom is 0.336 e. The number of rotatable bonds is 3. The van der Waals surface area contributed by atoms with Crippen LogP contribution in [0.3, 0.4) is 0 Å². The molecule has 0 heterocycles. The van der Waals surface area contributed by atoms with Gasteiger partial charge in [-0.05, 0) is 25.7 Å². The minimum absolute atomic E-state index is 0. The number of aromatic carboxylic acids is 1. The van der Waals surface area contributed by atoms with Crippen LogP contribution in [-0.4, -0.2) is 30.1 Å². The van der Waals surface area contributed by atoms with Crippen molar-refractivity contribution in [2.75, 3.05) is 14.1 Å². The molecular weight excluding hydrogens is 202 g/mol. The number of carboxylic acid groups (broad SMARTS) is 1. The van der Waals surface area contributed by atoms with Crippen molar-refractivity contribution >= 4 is 18.4 Å². The zero-order valence-corrected chi connectivity index (χ0v) is 9.04. The Morgan fingerprint density at radius 2 is 1.93 bits per heavy atom. The van der Waals surface area contributed by atoms with Crippen LogP contribution in [0.4, 0.5) is 0 Å². The molecule has 1 aromatic carbocycles. The molecule has 14 heavy (non-hydrogen) atoms. The molecule has 0 aliphatic heterocycles. The SMILES string of the molecule is CN(C)Cc1ccccc1C(=O)O.Cl. The van der Waals surface area contributed by atoms with Crippen molar-refractivity contribution in [1.29, 1.82) is 0 Å². The fourth-order valence-electron chi connectivity index (χ4n) is 1.21. The van der Waals surface area contributed by atoms with Gasteiger partial charge in [-0.1, -0.05) is 18.2 Å². The first-order valence-electron chi connectivity index (χ1n) is 4.07. The lowest BCUT2D eigenvalue weighted by Crippen LogP contribution is -2.13. The standard InChI is InChI=1S/C10H13NO2.ClH/c1-11(2)7-8-5-3-4-6-9(8)10(12)13;/h3-6H,7H2,1-2H3,(H,12,13);1H. The highest BCUT2D eigenvalue weighted by atomic mass is 35.5. The van der Waals surface area contributed by atoms with Gasteiger partial charge in [0, 0.05) is 6.54 Å². The maximum atomic E-state index is 10.8. The maximum absolute atomic E-state index is 10.8. The van der Waals surface area contributed by atoms with E-state index in [0.29, 0.717) is 12.1 Å². The Kier molecular flexibility index (Phi) is 5.20. The third-order valence-corrected chi connectivity index (χ3v) is 1.73. The average molecular weight is 216 g/mol. The van der Waals surface area contributed by atoms with Crippen molar-refractivity contribution in [3.05, 3.63) is 35.4 Å². The van der Waals surface area contributed by atoms with Crippen molar-refractivity contribution in [2.45, 2.75) is 6.54 Å². The number of hydrogen-bond acceptors (Lipinski definition) is 2. The molecule has 1 rings (SSSR count). The second kappa shape index (κ2) is 5.62. The summed E-state index contributed by atoms with van der Waals surface area (Å²) in [7, 11) is 3.83. The number of carboxylic acids is 1. The van der Waals surface area contributed by atoms with E-state index >= 15 is 0 Å². The first-order chi connectivity index (χ1) is 6.11. The molecule has 0 aliphatic rings. The molecule has 0 radical (unpaired) electrons. The number of benzene rings is 1. The van der Waals surface area contributed by atoms with Gasteiger partial charge in [-0.15, -0.1) is 12.4 Å². The van der Waals surface area contributed by atoms with E-state index in [1.165, 1.54) is 0 Å². The van der Waals surface area contributed by atoms with Gasteiger partial charge in [-0.3, -0.25) is 0 Å². The number of nitrogens with zero attached hydrogens (tertiary/aromatic N) is 1. The van der Waals surface area contributed by atoms with Crippen LogP contribution < -0.4 is 0 Å². The Labute approximate surface area is 89.8 Å². The van der Waals surface area contributed by atoms with Crippen LogP contribution in [0.25, 0.3) is 0 Å². The second-order valence-electron chi connectivity index (χ2n) is 3.20. The Morgan fingerprint density at radius 1 is 1.36 bits per heavy atom. The molecule has 0 unspecified atom stereocenters. The van der Waals surface area contributed by atoms with Crippen LogP contribution in [0.5, 0.6) is 0 Å². The van der Waals surface area contributed by atoms with Gasteiger partial charge in [0.2, 0.25) is 0 Å². The van der Waals surface area contributed by atoms with Crippen LogP contribution in [-0.2, 0) is 6.54 Å². The van der Waals surface area contributed by atoms with Crippen LogP contribution in [0.15, 0.2) is 24.3 Å². The molecule has 0 saturated heterocycles. The Morgan fingerprint density at radius 3 is 2.43 bits per heavy atom. The molecule has 0 aliphatic carbocycles. The quantitative estimate of drug-likeness (QED) is 0.837. The van der Waals surface area contributed by atoms with Crippen molar-refractivity contribution in [2.24, 2.45) is 0 Å². The molecule has 1 aromatic rings. The summed E-state index contributed by atoms with van der Waals surface area (Å²) in [5.41, 5.74) is 1.23. The van der Waals surface area contributed by atoms with E-state index in [1.54, 1.807) is 12.1 Å². The minimum atomic E-state index is -0.863. The molecule has 0 saturated carbocycles. The highest BCUT2D eigenvalue weighted by Gasteiger charge is 2.08. The molecule has 0 amide bonds. The van der Waals surface area contributed by atoms with E-state index in [2.05, 4.69) is 0 Å².